The van der Waals surface area contributed by atoms with Crippen LogP contribution in [0.15, 0.2) is 48.5 Å². The van der Waals surface area contributed by atoms with E-state index in [1.54, 1.807) is 7.11 Å². The van der Waals surface area contributed by atoms with Crippen molar-refractivity contribution in [2.75, 3.05) is 53.9 Å². The van der Waals surface area contributed by atoms with Crippen molar-refractivity contribution in [2.24, 2.45) is 0 Å². The second-order valence-electron chi connectivity index (χ2n) is 6.99. The molecule has 0 saturated carbocycles. The summed E-state index contributed by atoms with van der Waals surface area (Å²) in [7, 11) is 1.68. The minimum absolute atomic E-state index is 0.0822. The number of para-hydroxylation sites is 2. The molecule has 2 aromatic carbocycles. The molecular formula is C21H24ClN7O2. The number of ether oxygens (including phenoxy) is 1. The Labute approximate surface area is 185 Å². The van der Waals surface area contributed by atoms with Crippen LogP contribution in [0.3, 0.4) is 0 Å². The van der Waals surface area contributed by atoms with Crippen molar-refractivity contribution in [1.29, 1.82) is 0 Å². The summed E-state index contributed by atoms with van der Waals surface area (Å²) in [6, 6.07) is 15.6. The molecule has 10 heteroatoms. The molecule has 2 heterocycles. The second-order valence-corrected chi connectivity index (χ2v) is 7.39. The fourth-order valence-electron chi connectivity index (χ4n) is 3.49. The van der Waals surface area contributed by atoms with Crippen molar-refractivity contribution >= 4 is 35.1 Å². The number of benzene rings is 2. The molecule has 1 saturated heterocycles. The molecule has 0 aliphatic carbocycles. The van der Waals surface area contributed by atoms with E-state index < -0.39 is 0 Å². The Bertz CT molecular complexity index is 1030. The second kappa shape index (κ2) is 9.67. The van der Waals surface area contributed by atoms with Crippen LogP contribution in [-0.4, -0.2) is 53.4 Å². The molecule has 3 N–H and O–H groups in total. The number of halogens is 1. The van der Waals surface area contributed by atoms with E-state index in [1.807, 2.05) is 47.9 Å². The highest BCUT2D eigenvalue weighted by Crippen LogP contribution is 2.29. The van der Waals surface area contributed by atoms with Gasteiger partial charge < -0.3 is 19.9 Å². The summed E-state index contributed by atoms with van der Waals surface area (Å²) in [6.45, 7) is 3.47. The molecule has 0 radical (unpaired) electrons. The number of nitrogens with zero attached hydrogens (tertiary/aromatic N) is 5. The van der Waals surface area contributed by atoms with E-state index in [0.717, 1.165) is 43.2 Å². The van der Waals surface area contributed by atoms with Crippen LogP contribution < -0.4 is 25.3 Å². The molecule has 0 unspecified atom stereocenters. The van der Waals surface area contributed by atoms with Crippen molar-refractivity contribution in [3.8, 4) is 5.75 Å². The standard InChI is InChI=1S/C21H24ClN7O2/c1-31-18-9-5-4-8-17(18)28-10-12-29(13-11-28)21-25-19(24-20(26-21)27-30)23-14-15-6-2-3-7-16(15)22/h2-9,30H,10-14H2,1H3,(H2,23,24,25,26,27). The number of piperazine rings is 1. The van der Waals surface area contributed by atoms with Gasteiger partial charge in [-0.2, -0.15) is 15.0 Å². The van der Waals surface area contributed by atoms with Crippen LogP contribution in [0.4, 0.5) is 23.5 Å². The van der Waals surface area contributed by atoms with Crippen LogP contribution in [0.25, 0.3) is 0 Å². The number of rotatable bonds is 7. The Morgan fingerprint density at radius 2 is 1.61 bits per heavy atom. The lowest BCUT2D eigenvalue weighted by Crippen LogP contribution is -2.47. The highest BCUT2D eigenvalue weighted by molar-refractivity contribution is 6.31. The van der Waals surface area contributed by atoms with Gasteiger partial charge in [-0.25, -0.2) is 5.48 Å². The van der Waals surface area contributed by atoms with Crippen molar-refractivity contribution in [3.05, 3.63) is 59.1 Å². The Balaban J connectivity index is 1.46. The molecule has 1 aromatic heterocycles. The van der Waals surface area contributed by atoms with Crippen LogP contribution in [-0.2, 0) is 6.54 Å². The topological polar surface area (TPSA) is 98.7 Å². The summed E-state index contributed by atoms with van der Waals surface area (Å²) in [6.07, 6.45) is 0. The maximum Gasteiger partial charge on any atom is 0.253 e. The fourth-order valence-corrected chi connectivity index (χ4v) is 3.69. The van der Waals surface area contributed by atoms with Gasteiger partial charge in [-0.3, -0.25) is 5.21 Å². The van der Waals surface area contributed by atoms with E-state index in [9.17, 15) is 5.21 Å². The predicted molar refractivity (Wildman–Crippen MR) is 121 cm³/mol. The number of hydrogen-bond acceptors (Lipinski definition) is 9. The zero-order valence-corrected chi connectivity index (χ0v) is 17.9. The SMILES string of the molecule is COc1ccccc1N1CCN(c2nc(NO)nc(NCc3ccccc3Cl)n2)CC1. The number of methoxy groups -OCH3 is 1. The first-order valence-electron chi connectivity index (χ1n) is 9.94. The molecule has 0 spiro atoms. The third-order valence-electron chi connectivity index (χ3n) is 5.11. The third-order valence-corrected chi connectivity index (χ3v) is 5.48. The number of anilines is 4. The van der Waals surface area contributed by atoms with Gasteiger partial charge in [0, 0.05) is 37.7 Å². The Hall–Kier alpha value is -3.30. The lowest BCUT2D eigenvalue weighted by molar-refractivity contribution is 0.382. The highest BCUT2D eigenvalue weighted by atomic mass is 35.5. The van der Waals surface area contributed by atoms with Crippen molar-refractivity contribution in [3.63, 3.8) is 0 Å². The van der Waals surface area contributed by atoms with Crippen LogP contribution in [0, 0.1) is 0 Å². The van der Waals surface area contributed by atoms with E-state index in [4.69, 9.17) is 16.3 Å². The van der Waals surface area contributed by atoms with Crippen molar-refractivity contribution < 1.29 is 9.94 Å². The summed E-state index contributed by atoms with van der Waals surface area (Å²) in [4.78, 5) is 17.4. The molecule has 3 aromatic rings. The molecule has 162 valence electrons. The molecule has 1 aliphatic heterocycles. The zero-order valence-electron chi connectivity index (χ0n) is 17.1. The lowest BCUT2D eigenvalue weighted by atomic mass is 10.2. The fraction of sp³-hybridized carbons (Fsp3) is 0.286. The van der Waals surface area contributed by atoms with E-state index in [-0.39, 0.29) is 5.95 Å². The molecule has 0 atom stereocenters. The predicted octanol–water partition coefficient (Wildman–Crippen LogP) is 3.27. The minimum atomic E-state index is 0.0822. The van der Waals surface area contributed by atoms with Gasteiger partial charge in [-0.15, -0.1) is 0 Å². The van der Waals surface area contributed by atoms with Crippen LogP contribution in [0.2, 0.25) is 5.02 Å². The molecule has 4 rings (SSSR count). The molecule has 31 heavy (non-hydrogen) atoms. The monoisotopic (exact) mass is 441 g/mol. The maximum atomic E-state index is 9.37. The van der Waals surface area contributed by atoms with Crippen molar-refractivity contribution in [1.82, 2.24) is 15.0 Å². The van der Waals surface area contributed by atoms with Crippen molar-refractivity contribution in [2.45, 2.75) is 6.54 Å². The molecule has 1 fully saturated rings. The Morgan fingerprint density at radius 3 is 2.35 bits per heavy atom. The Kier molecular flexibility index (Phi) is 6.54. The molecule has 0 bridgehead atoms. The lowest BCUT2D eigenvalue weighted by Gasteiger charge is -2.36. The van der Waals surface area contributed by atoms with Crippen LogP contribution >= 0.6 is 11.6 Å². The zero-order chi connectivity index (χ0) is 21.6. The highest BCUT2D eigenvalue weighted by Gasteiger charge is 2.22. The van der Waals surface area contributed by atoms with E-state index >= 15 is 0 Å². The van der Waals surface area contributed by atoms with Gasteiger partial charge in [0.15, 0.2) is 0 Å². The quantitative estimate of drug-likeness (QED) is 0.477. The summed E-state index contributed by atoms with van der Waals surface area (Å²) in [5, 5.41) is 13.2. The molecular weight excluding hydrogens is 418 g/mol. The van der Waals surface area contributed by atoms with E-state index in [0.29, 0.717) is 23.5 Å². The van der Waals surface area contributed by atoms with Gasteiger partial charge in [-0.1, -0.05) is 41.9 Å². The summed E-state index contributed by atoms with van der Waals surface area (Å²) in [5.74, 6) is 1.79. The normalized spacial score (nSPS) is 13.8. The van der Waals surface area contributed by atoms with Crippen LogP contribution in [0.1, 0.15) is 5.56 Å². The summed E-state index contributed by atoms with van der Waals surface area (Å²) >= 11 is 6.22. The van der Waals surface area contributed by atoms with Gasteiger partial charge in [0.05, 0.1) is 12.8 Å². The number of aromatic nitrogens is 3. The van der Waals surface area contributed by atoms with E-state index in [1.165, 1.54) is 0 Å². The number of hydrogen-bond donors (Lipinski definition) is 3. The summed E-state index contributed by atoms with van der Waals surface area (Å²) in [5.41, 5.74) is 4.02. The largest absolute Gasteiger partial charge is 0.495 e. The third kappa shape index (κ3) is 4.89. The Morgan fingerprint density at radius 1 is 0.935 bits per heavy atom. The average molecular weight is 442 g/mol. The van der Waals surface area contributed by atoms with Gasteiger partial charge in [0.25, 0.3) is 5.95 Å². The maximum absolute atomic E-state index is 9.37. The summed E-state index contributed by atoms with van der Waals surface area (Å²) < 4.78 is 5.49. The molecule has 1 aliphatic rings. The van der Waals surface area contributed by atoms with E-state index in [2.05, 4.69) is 36.1 Å². The first kappa shape index (κ1) is 21.0. The van der Waals surface area contributed by atoms with Gasteiger partial charge in [0.2, 0.25) is 11.9 Å². The first-order chi connectivity index (χ1) is 15.2. The van der Waals surface area contributed by atoms with Gasteiger partial charge in [-0.05, 0) is 23.8 Å². The molecule has 9 nitrogen and oxygen atoms in total. The molecule has 0 amide bonds. The first-order valence-corrected chi connectivity index (χ1v) is 10.3. The minimum Gasteiger partial charge on any atom is -0.495 e. The van der Waals surface area contributed by atoms with Gasteiger partial charge >= 0.3 is 0 Å². The average Bonchev–Trinajstić information content (AvgIpc) is 2.83. The number of nitrogens with one attached hydrogen (secondary N) is 2. The smallest absolute Gasteiger partial charge is 0.253 e. The van der Waals surface area contributed by atoms with Crippen LogP contribution in [0.5, 0.6) is 5.75 Å². The van der Waals surface area contributed by atoms with Gasteiger partial charge in [0.1, 0.15) is 5.75 Å².